The zero-order valence-electron chi connectivity index (χ0n) is 12.9. The second kappa shape index (κ2) is 9.16. The van der Waals surface area contributed by atoms with Crippen LogP contribution in [0.3, 0.4) is 0 Å². The lowest BCUT2D eigenvalue weighted by atomic mass is 10.2. The van der Waals surface area contributed by atoms with Crippen molar-refractivity contribution in [2.24, 2.45) is 0 Å². The molecule has 7 nitrogen and oxygen atoms in total. The summed E-state index contributed by atoms with van der Waals surface area (Å²) in [6.45, 7) is 4.04. The van der Waals surface area contributed by atoms with Gasteiger partial charge in [-0.2, -0.15) is 0 Å². The topological polar surface area (TPSA) is 93.7 Å². The van der Waals surface area contributed by atoms with Crippen LogP contribution in [0.4, 0.5) is 4.79 Å². The molecule has 0 bridgehead atoms. The van der Waals surface area contributed by atoms with Gasteiger partial charge in [0, 0.05) is 18.5 Å². The third-order valence-corrected chi connectivity index (χ3v) is 4.08. The van der Waals surface area contributed by atoms with Crippen molar-refractivity contribution in [1.29, 1.82) is 0 Å². The summed E-state index contributed by atoms with van der Waals surface area (Å²) < 4.78 is 9.63. The number of methoxy groups -OCH3 is 1. The number of carbonyl (C=O) groups is 3. The van der Waals surface area contributed by atoms with E-state index in [1.54, 1.807) is 6.07 Å². The molecule has 0 aromatic carbocycles. The van der Waals surface area contributed by atoms with Crippen LogP contribution in [-0.2, 0) is 20.7 Å². The maximum atomic E-state index is 11.8. The smallest absolute Gasteiger partial charge is 0.348 e. The third kappa shape index (κ3) is 5.82. The van der Waals surface area contributed by atoms with Crippen LogP contribution in [0.5, 0.6) is 0 Å². The molecule has 0 saturated carbocycles. The van der Waals surface area contributed by atoms with Gasteiger partial charge in [-0.3, -0.25) is 10.1 Å². The van der Waals surface area contributed by atoms with Gasteiger partial charge in [0.2, 0.25) is 0 Å². The monoisotopic (exact) mass is 328 g/mol. The van der Waals surface area contributed by atoms with Crippen LogP contribution < -0.4 is 10.6 Å². The highest BCUT2D eigenvalue weighted by molar-refractivity contribution is 7.14. The van der Waals surface area contributed by atoms with E-state index < -0.39 is 24.5 Å². The van der Waals surface area contributed by atoms with Gasteiger partial charge in [-0.15, -0.1) is 11.3 Å². The Labute approximate surface area is 133 Å². The number of hydrogen-bond acceptors (Lipinski definition) is 6. The van der Waals surface area contributed by atoms with E-state index in [0.29, 0.717) is 11.5 Å². The van der Waals surface area contributed by atoms with Crippen LogP contribution in [0, 0.1) is 6.92 Å². The Morgan fingerprint density at radius 1 is 1.32 bits per heavy atom. The van der Waals surface area contributed by atoms with Crippen molar-refractivity contribution >= 4 is 29.2 Å². The predicted molar refractivity (Wildman–Crippen MR) is 82.1 cm³/mol. The normalized spacial score (nSPS) is 10.1. The van der Waals surface area contributed by atoms with Gasteiger partial charge < -0.3 is 14.8 Å². The first-order valence-corrected chi connectivity index (χ1v) is 7.62. The number of aryl methyl sites for hydroxylation is 2. The molecule has 122 valence electrons. The largest absolute Gasteiger partial charge is 0.451 e. The van der Waals surface area contributed by atoms with Crippen LogP contribution in [0.15, 0.2) is 6.07 Å². The molecule has 0 spiro atoms. The van der Waals surface area contributed by atoms with E-state index in [-0.39, 0.29) is 6.54 Å². The molecule has 1 heterocycles. The summed E-state index contributed by atoms with van der Waals surface area (Å²) in [5.41, 5.74) is 1.03. The number of esters is 1. The van der Waals surface area contributed by atoms with Gasteiger partial charge in [0.1, 0.15) is 4.88 Å². The molecule has 0 radical (unpaired) electrons. The van der Waals surface area contributed by atoms with Crippen molar-refractivity contribution in [2.75, 3.05) is 26.9 Å². The molecule has 1 rings (SSSR count). The fraction of sp³-hybridized carbons (Fsp3) is 0.500. The van der Waals surface area contributed by atoms with Gasteiger partial charge in [0.15, 0.2) is 6.61 Å². The second-order valence-electron chi connectivity index (χ2n) is 4.44. The average Bonchev–Trinajstić information content (AvgIpc) is 2.86. The van der Waals surface area contributed by atoms with Gasteiger partial charge in [0.25, 0.3) is 5.91 Å². The van der Waals surface area contributed by atoms with Gasteiger partial charge in [-0.1, -0.05) is 6.92 Å². The highest BCUT2D eigenvalue weighted by Crippen LogP contribution is 2.22. The standard InChI is InChI=1S/C14H20N2O5S/c1-4-10-9(2)7-11(22-10)13(18)21-8-12(17)16-14(19)15-5-6-20-3/h7H,4-6,8H2,1-3H3,(H2,15,16,17,19). The number of rotatable bonds is 7. The Morgan fingerprint density at radius 2 is 2.05 bits per heavy atom. The summed E-state index contributed by atoms with van der Waals surface area (Å²) in [6.07, 6.45) is 0.839. The number of carbonyl (C=O) groups excluding carboxylic acids is 3. The van der Waals surface area contributed by atoms with Crippen LogP contribution in [0.2, 0.25) is 0 Å². The zero-order chi connectivity index (χ0) is 16.5. The molecule has 0 aliphatic carbocycles. The van der Waals surface area contributed by atoms with Crippen molar-refractivity contribution < 1.29 is 23.9 Å². The van der Waals surface area contributed by atoms with Gasteiger partial charge in [-0.05, 0) is 25.0 Å². The fourth-order valence-electron chi connectivity index (χ4n) is 1.65. The molecule has 0 saturated heterocycles. The van der Waals surface area contributed by atoms with E-state index in [2.05, 4.69) is 10.6 Å². The van der Waals surface area contributed by atoms with Crippen molar-refractivity contribution in [3.05, 3.63) is 21.4 Å². The first-order valence-electron chi connectivity index (χ1n) is 6.81. The molecule has 1 aromatic rings. The van der Waals surface area contributed by atoms with Crippen molar-refractivity contribution in [1.82, 2.24) is 10.6 Å². The van der Waals surface area contributed by atoms with E-state index in [9.17, 15) is 14.4 Å². The summed E-state index contributed by atoms with van der Waals surface area (Å²) in [6, 6.07) is 1.08. The Kier molecular flexibility index (Phi) is 7.55. The number of imide groups is 1. The van der Waals surface area contributed by atoms with Crippen LogP contribution in [0.1, 0.15) is 27.0 Å². The van der Waals surface area contributed by atoms with Crippen LogP contribution in [-0.4, -0.2) is 44.8 Å². The predicted octanol–water partition coefficient (Wildman–Crippen LogP) is 1.25. The van der Waals surface area contributed by atoms with E-state index in [1.165, 1.54) is 18.4 Å². The van der Waals surface area contributed by atoms with Gasteiger partial charge in [0.05, 0.1) is 6.61 Å². The number of ether oxygens (including phenoxy) is 2. The first-order chi connectivity index (χ1) is 10.5. The van der Waals surface area contributed by atoms with E-state index in [4.69, 9.17) is 9.47 Å². The molecule has 3 amide bonds. The molecular formula is C14H20N2O5S. The Morgan fingerprint density at radius 3 is 2.64 bits per heavy atom. The zero-order valence-corrected chi connectivity index (χ0v) is 13.7. The molecule has 1 aromatic heterocycles. The van der Waals surface area contributed by atoms with Crippen molar-refractivity contribution in [2.45, 2.75) is 20.3 Å². The number of urea groups is 1. The van der Waals surface area contributed by atoms with Crippen LogP contribution in [0.25, 0.3) is 0 Å². The molecule has 0 fully saturated rings. The minimum Gasteiger partial charge on any atom is -0.451 e. The maximum Gasteiger partial charge on any atom is 0.348 e. The quantitative estimate of drug-likeness (QED) is 0.580. The van der Waals surface area contributed by atoms with Gasteiger partial charge >= 0.3 is 12.0 Å². The lowest BCUT2D eigenvalue weighted by Crippen LogP contribution is -2.42. The van der Waals surface area contributed by atoms with E-state index in [1.807, 2.05) is 13.8 Å². The Bertz CT molecular complexity index is 541. The molecule has 8 heteroatoms. The minimum atomic E-state index is -0.688. The minimum absolute atomic E-state index is 0.281. The summed E-state index contributed by atoms with van der Waals surface area (Å²) in [5.74, 6) is -1.25. The highest BCUT2D eigenvalue weighted by atomic mass is 32.1. The van der Waals surface area contributed by atoms with E-state index >= 15 is 0 Å². The SMILES string of the molecule is CCc1sc(C(=O)OCC(=O)NC(=O)NCCOC)cc1C. The Balaban J connectivity index is 2.36. The molecule has 0 aliphatic rings. The molecule has 2 N–H and O–H groups in total. The molecule has 0 aliphatic heterocycles. The molecular weight excluding hydrogens is 308 g/mol. The number of hydrogen-bond donors (Lipinski definition) is 2. The van der Waals surface area contributed by atoms with Crippen LogP contribution >= 0.6 is 11.3 Å². The van der Waals surface area contributed by atoms with Crippen molar-refractivity contribution in [3.63, 3.8) is 0 Å². The highest BCUT2D eigenvalue weighted by Gasteiger charge is 2.15. The lowest BCUT2D eigenvalue weighted by molar-refractivity contribution is -0.123. The lowest BCUT2D eigenvalue weighted by Gasteiger charge is -2.06. The molecule has 0 unspecified atom stereocenters. The third-order valence-electron chi connectivity index (χ3n) is 2.72. The van der Waals surface area contributed by atoms with Crippen molar-refractivity contribution in [3.8, 4) is 0 Å². The summed E-state index contributed by atoms with van der Waals surface area (Å²) >= 11 is 1.35. The number of thiophene rings is 1. The summed E-state index contributed by atoms with van der Waals surface area (Å²) in [7, 11) is 1.50. The first kappa shape index (κ1) is 18.1. The average molecular weight is 328 g/mol. The Hall–Kier alpha value is -1.93. The van der Waals surface area contributed by atoms with E-state index in [0.717, 1.165) is 16.9 Å². The number of amides is 3. The fourth-order valence-corrected chi connectivity index (χ4v) is 2.65. The second-order valence-corrected chi connectivity index (χ2v) is 5.58. The van der Waals surface area contributed by atoms with Gasteiger partial charge in [-0.25, -0.2) is 9.59 Å². The molecule has 0 atom stereocenters. The summed E-state index contributed by atoms with van der Waals surface area (Å²) in [4.78, 5) is 36.1. The molecule has 22 heavy (non-hydrogen) atoms. The summed E-state index contributed by atoms with van der Waals surface area (Å²) in [5, 5.41) is 4.47. The maximum absolute atomic E-state index is 11.8. The number of nitrogens with one attached hydrogen (secondary N) is 2.